The van der Waals surface area contributed by atoms with Gasteiger partial charge in [0.1, 0.15) is 16.9 Å². The van der Waals surface area contributed by atoms with Crippen LogP contribution >= 0.6 is 0 Å². The Hall–Kier alpha value is -5.02. The first kappa shape index (κ1) is 29.7. The number of aromatic nitrogens is 2. The molecule has 6 aromatic rings. The quantitative estimate of drug-likeness (QED) is 0.202. The number of ether oxygens (including phenoxy) is 1. The number of benzene rings is 4. The van der Waals surface area contributed by atoms with Crippen LogP contribution in [-0.4, -0.2) is 9.97 Å². The number of hydrogen-bond acceptors (Lipinski definition) is 3. The Balaban J connectivity index is 1.64. The highest BCUT2D eigenvalue weighted by Gasteiger charge is 2.49. The monoisotopic (exact) mass is 600 g/mol. The van der Waals surface area contributed by atoms with Crippen LogP contribution in [0.3, 0.4) is 0 Å². The van der Waals surface area contributed by atoms with Crippen molar-refractivity contribution >= 4 is 0 Å². The van der Waals surface area contributed by atoms with E-state index in [0.717, 1.165) is 56.5 Å². The molecular weight excluding hydrogens is 560 g/mol. The van der Waals surface area contributed by atoms with Gasteiger partial charge in [-0.2, -0.15) is 0 Å². The highest BCUT2D eigenvalue weighted by molar-refractivity contribution is 5.71. The average Bonchev–Trinajstić information content (AvgIpc) is 3.07. The van der Waals surface area contributed by atoms with Crippen LogP contribution in [0.4, 0.5) is 0 Å². The van der Waals surface area contributed by atoms with Crippen molar-refractivity contribution in [1.29, 1.82) is 0 Å². The molecule has 0 spiro atoms. The summed E-state index contributed by atoms with van der Waals surface area (Å²) >= 11 is 0. The maximum Gasteiger partial charge on any atom is 0.132 e. The van der Waals surface area contributed by atoms with Gasteiger partial charge in [-0.25, -0.2) is 0 Å². The summed E-state index contributed by atoms with van der Waals surface area (Å²) in [6.07, 6.45) is 0. The molecule has 0 saturated carbocycles. The van der Waals surface area contributed by atoms with E-state index >= 15 is 0 Å². The maximum atomic E-state index is 6.79. The van der Waals surface area contributed by atoms with Crippen molar-refractivity contribution in [3.05, 3.63) is 167 Å². The molecule has 3 heterocycles. The zero-order valence-electron chi connectivity index (χ0n) is 27.5. The summed E-state index contributed by atoms with van der Waals surface area (Å²) < 4.78 is 6.79. The molecule has 0 atom stereocenters. The fourth-order valence-electron chi connectivity index (χ4n) is 6.53. The van der Waals surface area contributed by atoms with E-state index in [2.05, 4.69) is 163 Å². The van der Waals surface area contributed by atoms with E-state index in [0.29, 0.717) is 0 Å². The fourth-order valence-corrected chi connectivity index (χ4v) is 6.53. The van der Waals surface area contributed by atoms with E-state index in [1.54, 1.807) is 0 Å². The van der Waals surface area contributed by atoms with Crippen LogP contribution in [0.15, 0.2) is 133 Å². The standard InChI is InChI=1S/C43H40N2O/c1-41(2,3)31-23-25-37-33(27-31)43(34-28-32(42(4,5)6)24-26-38(34)46-37,39-21-13-19-35(44-39)29-15-9-7-10-16-29)40-22-14-20-36(45-40)30-17-11-8-12-18-30/h7-28H,1-6H3. The lowest BCUT2D eigenvalue weighted by atomic mass is 9.65. The third-order valence-electron chi connectivity index (χ3n) is 9.12. The number of nitrogens with zero attached hydrogens (tertiary/aromatic N) is 2. The summed E-state index contributed by atoms with van der Waals surface area (Å²) in [5.74, 6) is 1.64. The number of rotatable bonds is 4. The van der Waals surface area contributed by atoms with Gasteiger partial charge in [0, 0.05) is 22.3 Å². The van der Waals surface area contributed by atoms with Gasteiger partial charge in [0.2, 0.25) is 0 Å². The molecule has 0 bridgehead atoms. The molecule has 0 aliphatic carbocycles. The van der Waals surface area contributed by atoms with Crippen LogP contribution in [0.25, 0.3) is 22.5 Å². The molecule has 0 fully saturated rings. The van der Waals surface area contributed by atoms with Gasteiger partial charge in [0.15, 0.2) is 0 Å². The van der Waals surface area contributed by atoms with Crippen molar-refractivity contribution < 1.29 is 4.74 Å². The minimum atomic E-state index is -0.860. The molecule has 2 aromatic heterocycles. The third kappa shape index (κ3) is 5.10. The smallest absolute Gasteiger partial charge is 0.132 e. The molecule has 7 rings (SSSR count). The van der Waals surface area contributed by atoms with E-state index in [9.17, 15) is 0 Å². The van der Waals surface area contributed by atoms with Crippen LogP contribution < -0.4 is 4.74 Å². The van der Waals surface area contributed by atoms with Crippen LogP contribution in [0.5, 0.6) is 11.5 Å². The van der Waals surface area contributed by atoms with E-state index in [-0.39, 0.29) is 10.8 Å². The summed E-state index contributed by atoms with van der Waals surface area (Å²) in [6.45, 7) is 13.5. The molecule has 46 heavy (non-hydrogen) atoms. The molecule has 1 aliphatic rings. The first-order valence-corrected chi connectivity index (χ1v) is 16.1. The number of fused-ring (bicyclic) bond motifs is 2. The predicted molar refractivity (Wildman–Crippen MR) is 189 cm³/mol. The van der Waals surface area contributed by atoms with Crippen molar-refractivity contribution in [2.45, 2.75) is 57.8 Å². The molecule has 3 nitrogen and oxygen atoms in total. The lowest BCUT2D eigenvalue weighted by Crippen LogP contribution is -2.37. The third-order valence-corrected chi connectivity index (χ3v) is 9.12. The molecule has 228 valence electrons. The van der Waals surface area contributed by atoms with Gasteiger partial charge in [-0.1, -0.05) is 126 Å². The Morgan fingerprint density at radius 1 is 0.457 bits per heavy atom. The Morgan fingerprint density at radius 3 is 1.26 bits per heavy atom. The van der Waals surface area contributed by atoms with E-state index in [1.165, 1.54) is 11.1 Å². The van der Waals surface area contributed by atoms with Gasteiger partial charge in [-0.05, 0) is 70.5 Å². The molecular formula is C43H40N2O. The van der Waals surface area contributed by atoms with Crippen LogP contribution in [0, 0.1) is 0 Å². The van der Waals surface area contributed by atoms with Crippen molar-refractivity contribution in [3.63, 3.8) is 0 Å². The summed E-state index contributed by atoms with van der Waals surface area (Å²) in [6, 6.07) is 46.9. The van der Waals surface area contributed by atoms with Gasteiger partial charge in [0.05, 0.1) is 22.8 Å². The van der Waals surface area contributed by atoms with Crippen LogP contribution in [0.1, 0.15) is 75.2 Å². The Morgan fingerprint density at radius 2 is 0.870 bits per heavy atom. The van der Waals surface area contributed by atoms with Crippen molar-refractivity contribution in [2.24, 2.45) is 0 Å². The Kier molecular flexibility index (Phi) is 7.16. The fraction of sp³-hybridized carbons (Fsp3) is 0.209. The maximum absolute atomic E-state index is 6.79. The largest absolute Gasteiger partial charge is 0.457 e. The summed E-state index contributed by atoms with van der Waals surface area (Å²) in [5, 5.41) is 0. The molecule has 0 radical (unpaired) electrons. The molecule has 0 unspecified atom stereocenters. The van der Waals surface area contributed by atoms with E-state index in [1.807, 2.05) is 12.1 Å². The van der Waals surface area contributed by atoms with Gasteiger partial charge in [0.25, 0.3) is 0 Å². The van der Waals surface area contributed by atoms with Gasteiger partial charge >= 0.3 is 0 Å². The van der Waals surface area contributed by atoms with Crippen molar-refractivity contribution in [3.8, 4) is 34.0 Å². The van der Waals surface area contributed by atoms with Crippen molar-refractivity contribution in [2.75, 3.05) is 0 Å². The summed E-state index contributed by atoms with van der Waals surface area (Å²) in [4.78, 5) is 11.0. The second-order valence-electron chi connectivity index (χ2n) is 14.3. The summed E-state index contributed by atoms with van der Waals surface area (Å²) in [7, 11) is 0. The summed E-state index contributed by atoms with van der Waals surface area (Å²) in [5.41, 5.74) is 9.36. The normalized spacial score (nSPS) is 13.8. The van der Waals surface area contributed by atoms with Crippen molar-refractivity contribution in [1.82, 2.24) is 9.97 Å². The molecule has 3 heteroatoms. The van der Waals surface area contributed by atoms with Gasteiger partial charge in [-0.3, -0.25) is 9.97 Å². The highest BCUT2D eigenvalue weighted by atomic mass is 16.5. The molecule has 4 aromatic carbocycles. The average molecular weight is 601 g/mol. The van der Waals surface area contributed by atoms with Gasteiger partial charge in [-0.15, -0.1) is 0 Å². The van der Waals surface area contributed by atoms with Gasteiger partial charge < -0.3 is 4.74 Å². The Bertz CT molecular complexity index is 1880. The minimum absolute atomic E-state index is 0.0765. The second-order valence-corrected chi connectivity index (χ2v) is 14.3. The van der Waals surface area contributed by atoms with E-state index < -0.39 is 5.41 Å². The SMILES string of the molecule is CC(C)(C)c1ccc2c(c1)C(c1cccc(-c3ccccc3)n1)(c1cccc(-c3ccccc3)n1)c1cc(C(C)(C)C)ccc1O2. The minimum Gasteiger partial charge on any atom is -0.457 e. The topological polar surface area (TPSA) is 35.0 Å². The Labute approximate surface area is 273 Å². The highest BCUT2D eigenvalue weighted by Crippen LogP contribution is 2.56. The first-order chi connectivity index (χ1) is 22.0. The number of hydrogen-bond donors (Lipinski definition) is 0. The lowest BCUT2D eigenvalue weighted by Gasteiger charge is -2.41. The molecule has 0 N–H and O–H groups in total. The van der Waals surface area contributed by atoms with Crippen LogP contribution in [0.2, 0.25) is 0 Å². The molecule has 1 aliphatic heterocycles. The second kappa shape index (κ2) is 11.1. The molecule has 0 amide bonds. The molecule has 0 saturated heterocycles. The number of pyridine rings is 2. The lowest BCUT2D eigenvalue weighted by molar-refractivity contribution is 0.426. The first-order valence-electron chi connectivity index (χ1n) is 16.1. The zero-order chi connectivity index (χ0) is 32.1. The zero-order valence-corrected chi connectivity index (χ0v) is 27.5. The predicted octanol–water partition coefficient (Wildman–Crippen LogP) is 10.9. The van der Waals surface area contributed by atoms with E-state index in [4.69, 9.17) is 14.7 Å². The van der Waals surface area contributed by atoms with Crippen LogP contribution in [-0.2, 0) is 16.2 Å².